The van der Waals surface area contributed by atoms with Crippen LogP contribution < -0.4 is 0 Å². The zero-order chi connectivity index (χ0) is 13.2. The predicted octanol–water partition coefficient (Wildman–Crippen LogP) is 4.25. The quantitative estimate of drug-likeness (QED) is 0.715. The van der Waals surface area contributed by atoms with Gasteiger partial charge in [-0.15, -0.1) is 0 Å². The molecule has 3 nitrogen and oxygen atoms in total. The van der Waals surface area contributed by atoms with Crippen LogP contribution in [0.5, 0.6) is 0 Å². The van der Waals surface area contributed by atoms with E-state index in [1.807, 2.05) is 59.2 Å². The molecule has 0 amide bonds. The molecular formula is C14H10ClN3S. The first-order chi connectivity index (χ1) is 9.27. The highest BCUT2D eigenvalue weighted by Crippen LogP contribution is 2.27. The van der Waals surface area contributed by atoms with Crippen molar-refractivity contribution in [3.63, 3.8) is 0 Å². The van der Waals surface area contributed by atoms with Crippen LogP contribution in [-0.4, -0.2) is 14.8 Å². The topological polar surface area (TPSA) is 33.6 Å². The Morgan fingerprint density at radius 1 is 1.00 bits per heavy atom. The summed E-state index contributed by atoms with van der Waals surface area (Å²) >= 11 is 11.5. The summed E-state index contributed by atoms with van der Waals surface area (Å²) in [5, 5.41) is 7.75. The minimum Gasteiger partial charge on any atom is -0.268 e. The molecule has 3 rings (SSSR count). The van der Waals surface area contributed by atoms with Gasteiger partial charge in [-0.2, -0.15) is 5.10 Å². The van der Waals surface area contributed by atoms with Gasteiger partial charge in [0.15, 0.2) is 10.6 Å². The molecule has 0 saturated carbocycles. The minimum atomic E-state index is 0.543. The van der Waals surface area contributed by atoms with Gasteiger partial charge < -0.3 is 0 Å². The fourth-order valence-corrected chi connectivity index (χ4v) is 2.39. The molecule has 2 aromatic carbocycles. The van der Waals surface area contributed by atoms with Crippen LogP contribution in [0.4, 0.5) is 0 Å². The van der Waals surface area contributed by atoms with E-state index in [-0.39, 0.29) is 0 Å². The summed E-state index contributed by atoms with van der Waals surface area (Å²) in [6, 6.07) is 17.4. The number of benzene rings is 2. The van der Waals surface area contributed by atoms with E-state index in [1.165, 1.54) is 0 Å². The lowest BCUT2D eigenvalue weighted by Crippen LogP contribution is -1.97. The van der Waals surface area contributed by atoms with E-state index in [0.29, 0.717) is 15.6 Å². The van der Waals surface area contributed by atoms with Gasteiger partial charge in [0.05, 0.1) is 5.02 Å². The molecule has 0 atom stereocenters. The van der Waals surface area contributed by atoms with E-state index in [1.54, 1.807) is 0 Å². The van der Waals surface area contributed by atoms with Crippen LogP contribution in [0.15, 0.2) is 54.6 Å². The van der Waals surface area contributed by atoms with Crippen LogP contribution in [-0.2, 0) is 0 Å². The third kappa shape index (κ3) is 2.20. The van der Waals surface area contributed by atoms with Gasteiger partial charge in [0.2, 0.25) is 0 Å². The lowest BCUT2D eigenvalue weighted by atomic mass is 10.2. The summed E-state index contributed by atoms with van der Waals surface area (Å²) in [4.78, 5) is 0. The molecule has 1 heterocycles. The minimum absolute atomic E-state index is 0.543. The van der Waals surface area contributed by atoms with Crippen molar-refractivity contribution in [3.8, 4) is 17.1 Å². The molecule has 0 unspecified atom stereocenters. The second kappa shape index (κ2) is 4.99. The smallest absolute Gasteiger partial charge is 0.200 e. The number of halogens is 1. The summed E-state index contributed by atoms with van der Waals surface area (Å²) in [5.41, 5.74) is 1.80. The van der Waals surface area contributed by atoms with E-state index in [2.05, 4.69) is 10.2 Å². The lowest BCUT2D eigenvalue weighted by molar-refractivity contribution is 1.04. The van der Waals surface area contributed by atoms with Crippen molar-refractivity contribution in [2.75, 3.05) is 0 Å². The summed E-state index contributed by atoms with van der Waals surface area (Å²) in [5.74, 6) is 0.710. The van der Waals surface area contributed by atoms with Gasteiger partial charge in [-0.1, -0.05) is 41.9 Å². The summed E-state index contributed by atoms with van der Waals surface area (Å²) in [7, 11) is 0. The molecule has 0 aliphatic heterocycles. The maximum Gasteiger partial charge on any atom is 0.200 e. The molecule has 0 radical (unpaired) electrons. The number of hydrogen-bond donors (Lipinski definition) is 1. The summed E-state index contributed by atoms with van der Waals surface area (Å²) in [6.45, 7) is 0. The van der Waals surface area contributed by atoms with Crippen molar-refractivity contribution in [2.24, 2.45) is 0 Å². The van der Waals surface area contributed by atoms with Crippen molar-refractivity contribution in [1.82, 2.24) is 14.8 Å². The molecule has 0 saturated heterocycles. The first-order valence-electron chi connectivity index (χ1n) is 5.75. The molecule has 19 heavy (non-hydrogen) atoms. The fraction of sp³-hybridized carbons (Fsp3) is 0. The van der Waals surface area contributed by atoms with E-state index in [4.69, 9.17) is 23.8 Å². The van der Waals surface area contributed by atoms with Gasteiger partial charge in [-0.3, -0.25) is 9.67 Å². The van der Waals surface area contributed by atoms with Gasteiger partial charge in [-0.25, -0.2) is 0 Å². The number of H-pyrrole nitrogens is 1. The van der Waals surface area contributed by atoms with Gasteiger partial charge in [0, 0.05) is 11.3 Å². The van der Waals surface area contributed by atoms with E-state index < -0.39 is 0 Å². The Bertz CT molecular complexity index is 762. The molecule has 0 aliphatic rings. The Hall–Kier alpha value is -1.91. The maximum absolute atomic E-state index is 6.23. The normalized spacial score (nSPS) is 10.6. The third-order valence-corrected chi connectivity index (χ3v) is 3.40. The lowest BCUT2D eigenvalue weighted by Gasteiger charge is -2.07. The highest BCUT2D eigenvalue weighted by Gasteiger charge is 2.12. The van der Waals surface area contributed by atoms with E-state index in [9.17, 15) is 0 Å². The number of nitrogens with zero attached hydrogens (tertiary/aromatic N) is 2. The Kier molecular flexibility index (Phi) is 3.19. The van der Waals surface area contributed by atoms with E-state index in [0.717, 1.165) is 11.3 Å². The third-order valence-electron chi connectivity index (χ3n) is 2.80. The predicted molar refractivity (Wildman–Crippen MR) is 79.2 cm³/mol. The van der Waals surface area contributed by atoms with Crippen molar-refractivity contribution in [3.05, 3.63) is 64.4 Å². The summed E-state index contributed by atoms with van der Waals surface area (Å²) in [6.07, 6.45) is 0. The van der Waals surface area contributed by atoms with Gasteiger partial charge in [0.25, 0.3) is 0 Å². The largest absolute Gasteiger partial charge is 0.268 e. The SMILES string of the molecule is S=c1[nH]nc(-c2ccccc2Cl)n1-c1ccccc1. The van der Waals surface area contributed by atoms with Crippen LogP contribution in [0.2, 0.25) is 5.02 Å². The van der Waals surface area contributed by atoms with Gasteiger partial charge in [-0.05, 0) is 36.5 Å². The average Bonchev–Trinajstić information content (AvgIpc) is 2.82. The van der Waals surface area contributed by atoms with Crippen molar-refractivity contribution in [2.45, 2.75) is 0 Å². The van der Waals surface area contributed by atoms with Gasteiger partial charge >= 0.3 is 0 Å². The molecule has 0 spiro atoms. The second-order valence-corrected chi connectivity index (χ2v) is 4.80. The Labute approximate surface area is 120 Å². The zero-order valence-electron chi connectivity index (χ0n) is 9.88. The first-order valence-corrected chi connectivity index (χ1v) is 6.54. The number of hydrogen-bond acceptors (Lipinski definition) is 2. The Morgan fingerprint density at radius 3 is 2.42 bits per heavy atom. The molecule has 1 aromatic heterocycles. The molecule has 3 aromatic rings. The second-order valence-electron chi connectivity index (χ2n) is 4.00. The Morgan fingerprint density at radius 2 is 1.68 bits per heavy atom. The van der Waals surface area contributed by atoms with Crippen molar-refractivity contribution < 1.29 is 0 Å². The molecular weight excluding hydrogens is 278 g/mol. The van der Waals surface area contributed by atoms with Crippen LogP contribution >= 0.6 is 23.8 Å². The molecule has 5 heteroatoms. The maximum atomic E-state index is 6.23. The zero-order valence-corrected chi connectivity index (χ0v) is 11.4. The van der Waals surface area contributed by atoms with Crippen LogP contribution in [0, 0.1) is 4.77 Å². The molecule has 94 valence electrons. The van der Waals surface area contributed by atoms with E-state index >= 15 is 0 Å². The van der Waals surface area contributed by atoms with Crippen LogP contribution in [0.1, 0.15) is 0 Å². The molecule has 0 aliphatic carbocycles. The summed E-state index contributed by atoms with van der Waals surface area (Å²) < 4.78 is 2.41. The first kappa shape index (κ1) is 12.1. The Balaban J connectivity index is 2.26. The van der Waals surface area contributed by atoms with Crippen molar-refractivity contribution in [1.29, 1.82) is 0 Å². The monoisotopic (exact) mass is 287 g/mol. The fourth-order valence-electron chi connectivity index (χ4n) is 1.94. The molecule has 0 fully saturated rings. The van der Waals surface area contributed by atoms with Crippen LogP contribution in [0.3, 0.4) is 0 Å². The molecule has 0 bridgehead atoms. The number of nitrogens with one attached hydrogen (secondary N) is 1. The number of aromatic amines is 1. The average molecular weight is 288 g/mol. The number of rotatable bonds is 2. The molecule has 1 N–H and O–H groups in total. The standard InChI is InChI=1S/C14H10ClN3S/c15-12-9-5-4-8-11(12)13-16-17-14(19)18(13)10-6-2-1-3-7-10/h1-9H,(H,17,19). The van der Waals surface area contributed by atoms with Gasteiger partial charge in [0.1, 0.15) is 0 Å². The number of para-hydroxylation sites is 1. The number of aromatic nitrogens is 3. The highest BCUT2D eigenvalue weighted by molar-refractivity contribution is 7.71. The highest BCUT2D eigenvalue weighted by atomic mass is 35.5. The van der Waals surface area contributed by atoms with Crippen molar-refractivity contribution >= 4 is 23.8 Å². The van der Waals surface area contributed by atoms with Crippen LogP contribution in [0.25, 0.3) is 17.1 Å².